The van der Waals surface area contributed by atoms with E-state index in [1.165, 1.54) is 4.90 Å². The van der Waals surface area contributed by atoms with Gasteiger partial charge >= 0.3 is 0 Å². The normalized spacial score (nSPS) is 11.0. The van der Waals surface area contributed by atoms with Gasteiger partial charge in [-0.25, -0.2) is 0 Å². The number of hydrogen-bond acceptors (Lipinski definition) is 5. The molecule has 0 bridgehead atoms. The van der Waals surface area contributed by atoms with Crippen LogP contribution in [0.5, 0.6) is 0 Å². The van der Waals surface area contributed by atoms with Crippen LogP contribution in [0.1, 0.15) is 29.2 Å². The first-order valence-corrected chi connectivity index (χ1v) is 7.62. The molecule has 0 N–H and O–H groups in total. The summed E-state index contributed by atoms with van der Waals surface area (Å²) in [6.07, 6.45) is 0.694. The van der Waals surface area contributed by atoms with Crippen LogP contribution in [-0.4, -0.2) is 28.0 Å². The lowest BCUT2D eigenvalue weighted by Gasteiger charge is -2.12. The Hall–Kier alpha value is -2.15. The highest BCUT2D eigenvalue weighted by molar-refractivity contribution is 9.10. The Balaban J connectivity index is 1.78. The highest BCUT2D eigenvalue weighted by Crippen LogP contribution is 2.24. The van der Waals surface area contributed by atoms with Crippen molar-refractivity contribution < 1.29 is 13.7 Å². The summed E-state index contributed by atoms with van der Waals surface area (Å²) in [5.74, 6) is 1.09. The second-order valence-corrected chi connectivity index (χ2v) is 5.83. The third-order valence-electron chi connectivity index (χ3n) is 3.23. The van der Waals surface area contributed by atoms with Crippen molar-refractivity contribution in [1.82, 2.24) is 15.0 Å². The molecule has 0 atom stereocenters. The highest BCUT2D eigenvalue weighted by atomic mass is 79.9. The number of carbonyl (C=O) groups excluding carboxylic acids is 1. The predicted octanol–water partition coefficient (Wildman–Crippen LogP) is 3.41. The lowest BCUT2D eigenvalue weighted by Crippen LogP contribution is -2.25. The first kappa shape index (κ1) is 14.8. The Morgan fingerprint density at radius 2 is 2.18 bits per heavy atom. The maximum atomic E-state index is 12.4. The van der Waals surface area contributed by atoms with Gasteiger partial charge in [0.15, 0.2) is 11.6 Å². The zero-order chi connectivity index (χ0) is 15.7. The average Bonchev–Trinajstić information content (AvgIpc) is 3.12. The van der Waals surface area contributed by atoms with Crippen LogP contribution in [-0.2, 0) is 13.0 Å². The lowest BCUT2D eigenvalue weighted by atomic mass is 10.2. The largest absolute Gasteiger partial charge is 0.451 e. The second-order valence-electron chi connectivity index (χ2n) is 4.91. The third-order valence-corrected chi connectivity index (χ3v) is 3.73. The number of carbonyl (C=O) groups is 1. The minimum Gasteiger partial charge on any atom is -0.451 e. The number of benzene rings is 1. The molecule has 0 fully saturated rings. The quantitative estimate of drug-likeness (QED) is 0.709. The molecule has 3 aromatic rings. The molecule has 2 heterocycles. The molecule has 6 nitrogen and oxygen atoms in total. The topological polar surface area (TPSA) is 72.4 Å². The standard InChI is InChI=1S/C15H14BrN3O3/c1-3-13-17-14(22-18-13)8-19(2)15(20)12-7-9-6-10(16)4-5-11(9)21-12/h4-7H,3,8H2,1-2H3. The van der Waals surface area contributed by atoms with Gasteiger partial charge in [0, 0.05) is 23.3 Å². The summed E-state index contributed by atoms with van der Waals surface area (Å²) < 4.78 is 11.6. The van der Waals surface area contributed by atoms with Crippen LogP contribution in [0.2, 0.25) is 0 Å². The highest BCUT2D eigenvalue weighted by Gasteiger charge is 2.19. The molecule has 0 radical (unpaired) electrons. The van der Waals surface area contributed by atoms with Crippen molar-refractivity contribution >= 4 is 32.8 Å². The Labute approximate surface area is 135 Å². The van der Waals surface area contributed by atoms with Gasteiger partial charge in [-0.15, -0.1) is 0 Å². The minimum absolute atomic E-state index is 0.233. The van der Waals surface area contributed by atoms with Gasteiger partial charge in [-0.05, 0) is 24.3 Å². The van der Waals surface area contributed by atoms with Crippen molar-refractivity contribution in [3.8, 4) is 0 Å². The van der Waals surface area contributed by atoms with E-state index in [1.807, 2.05) is 25.1 Å². The van der Waals surface area contributed by atoms with E-state index in [2.05, 4.69) is 26.1 Å². The number of hydrogen-bond donors (Lipinski definition) is 0. The molecule has 7 heteroatoms. The molecule has 0 saturated heterocycles. The van der Waals surface area contributed by atoms with Crippen LogP contribution < -0.4 is 0 Å². The molecule has 0 aliphatic carbocycles. The maximum Gasteiger partial charge on any atom is 0.289 e. The summed E-state index contributed by atoms with van der Waals surface area (Å²) in [5.41, 5.74) is 0.672. The summed E-state index contributed by atoms with van der Waals surface area (Å²) in [7, 11) is 1.67. The number of aryl methyl sites for hydroxylation is 1. The SMILES string of the molecule is CCc1noc(CN(C)C(=O)c2cc3cc(Br)ccc3o2)n1. The van der Waals surface area contributed by atoms with Crippen molar-refractivity contribution in [3.63, 3.8) is 0 Å². The fourth-order valence-corrected chi connectivity index (χ4v) is 2.46. The molecule has 2 aromatic heterocycles. The van der Waals surface area contributed by atoms with E-state index in [0.717, 1.165) is 9.86 Å². The molecule has 0 unspecified atom stereocenters. The van der Waals surface area contributed by atoms with Gasteiger partial charge in [0.05, 0.1) is 0 Å². The molecular weight excluding hydrogens is 350 g/mol. The third kappa shape index (κ3) is 2.89. The van der Waals surface area contributed by atoms with Crippen LogP contribution in [0.15, 0.2) is 37.7 Å². The first-order valence-electron chi connectivity index (χ1n) is 6.83. The number of halogens is 1. The van der Waals surface area contributed by atoms with Gasteiger partial charge in [0.2, 0.25) is 5.89 Å². The molecule has 0 saturated carbocycles. The molecule has 114 valence electrons. The van der Waals surface area contributed by atoms with Gasteiger partial charge in [0.25, 0.3) is 5.91 Å². The maximum absolute atomic E-state index is 12.4. The van der Waals surface area contributed by atoms with Crippen LogP contribution in [0, 0.1) is 0 Å². The fourth-order valence-electron chi connectivity index (χ4n) is 2.08. The fraction of sp³-hybridized carbons (Fsp3) is 0.267. The molecule has 1 aromatic carbocycles. The van der Waals surface area contributed by atoms with E-state index in [1.54, 1.807) is 13.1 Å². The molecule has 22 heavy (non-hydrogen) atoms. The van der Waals surface area contributed by atoms with E-state index >= 15 is 0 Å². The van der Waals surface area contributed by atoms with Crippen molar-refractivity contribution in [2.24, 2.45) is 0 Å². The van der Waals surface area contributed by atoms with Crippen molar-refractivity contribution in [1.29, 1.82) is 0 Å². The average molecular weight is 364 g/mol. The van der Waals surface area contributed by atoms with Crippen LogP contribution in [0.4, 0.5) is 0 Å². The Kier molecular flexibility index (Phi) is 3.98. The van der Waals surface area contributed by atoms with Crippen LogP contribution in [0.3, 0.4) is 0 Å². The van der Waals surface area contributed by atoms with E-state index in [9.17, 15) is 4.79 Å². The summed E-state index contributed by atoms with van der Waals surface area (Å²) in [4.78, 5) is 18.1. The van der Waals surface area contributed by atoms with Gasteiger partial charge < -0.3 is 13.8 Å². The molecule has 3 rings (SSSR count). The minimum atomic E-state index is -0.233. The van der Waals surface area contributed by atoms with E-state index in [-0.39, 0.29) is 18.2 Å². The molecule has 0 spiro atoms. The number of rotatable bonds is 4. The first-order chi connectivity index (χ1) is 10.6. The van der Waals surface area contributed by atoms with Crippen molar-refractivity contribution in [3.05, 3.63) is 46.2 Å². The van der Waals surface area contributed by atoms with Crippen molar-refractivity contribution in [2.75, 3.05) is 7.05 Å². The molecule has 0 aliphatic rings. The summed E-state index contributed by atoms with van der Waals surface area (Å²) >= 11 is 3.40. The lowest BCUT2D eigenvalue weighted by molar-refractivity contribution is 0.0740. The zero-order valence-electron chi connectivity index (χ0n) is 12.2. The van der Waals surface area contributed by atoms with E-state index in [0.29, 0.717) is 23.7 Å². The number of fused-ring (bicyclic) bond motifs is 1. The molecular formula is C15H14BrN3O3. The number of aromatic nitrogens is 2. The number of amides is 1. The van der Waals surface area contributed by atoms with Crippen LogP contribution >= 0.6 is 15.9 Å². The van der Waals surface area contributed by atoms with Gasteiger partial charge in [-0.3, -0.25) is 4.79 Å². The van der Waals surface area contributed by atoms with Gasteiger partial charge in [-0.2, -0.15) is 4.98 Å². The van der Waals surface area contributed by atoms with Crippen LogP contribution in [0.25, 0.3) is 11.0 Å². The number of furan rings is 1. The monoisotopic (exact) mass is 363 g/mol. The van der Waals surface area contributed by atoms with E-state index < -0.39 is 0 Å². The summed E-state index contributed by atoms with van der Waals surface area (Å²) in [6.45, 7) is 2.18. The van der Waals surface area contributed by atoms with Gasteiger partial charge in [-0.1, -0.05) is 28.0 Å². The Morgan fingerprint density at radius 1 is 1.36 bits per heavy atom. The smallest absolute Gasteiger partial charge is 0.289 e. The molecule has 1 amide bonds. The second kappa shape index (κ2) is 5.92. The van der Waals surface area contributed by atoms with Crippen molar-refractivity contribution in [2.45, 2.75) is 19.9 Å². The number of nitrogens with zero attached hydrogens (tertiary/aromatic N) is 3. The van der Waals surface area contributed by atoms with E-state index in [4.69, 9.17) is 8.94 Å². The van der Waals surface area contributed by atoms with Gasteiger partial charge in [0.1, 0.15) is 12.1 Å². The Morgan fingerprint density at radius 3 is 2.91 bits per heavy atom. The summed E-state index contributed by atoms with van der Waals surface area (Å²) in [6, 6.07) is 7.32. The zero-order valence-corrected chi connectivity index (χ0v) is 13.8. The molecule has 0 aliphatic heterocycles. The Bertz CT molecular complexity index is 824. The summed E-state index contributed by atoms with van der Waals surface area (Å²) in [5, 5.41) is 4.68. The predicted molar refractivity (Wildman–Crippen MR) is 83.4 cm³/mol.